The number of fused-ring (bicyclic) bond motifs is 4. The first-order valence-electron chi connectivity index (χ1n) is 22.2. The van der Waals surface area contributed by atoms with Crippen LogP contribution in [0.3, 0.4) is 0 Å². The van der Waals surface area contributed by atoms with E-state index in [1.54, 1.807) is 6.08 Å². The molecule has 0 aliphatic rings. The molecule has 0 atom stereocenters. The molecule has 64 heavy (non-hydrogen) atoms. The lowest BCUT2D eigenvalue weighted by Crippen LogP contribution is -2.17. The minimum atomic E-state index is 0.219. The fourth-order valence-corrected chi connectivity index (χ4v) is 9.89. The van der Waals surface area contributed by atoms with Gasteiger partial charge in [0.15, 0.2) is 11.2 Å². The van der Waals surface area contributed by atoms with Gasteiger partial charge in [0.2, 0.25) is 0 Å². The Morgan fingerprint density at radius 1 is 0.625 bits per heavy atom. The lowest BCUT2D eigenvalue weighted by atomic mass is 9.84. The number of aryl methyl sites for hydroxylation is 1. The Morgan fingerprint density at radius 3 is 1.89 bits per heavy atom. The zero-order valence-corrected chi connectivity index (χ0v) is 37.2. The van der Waals surface area contributed by atoms with E-state index in [1.807, 2.05) is 25.1 Å². The summed E-state index contributed by atoms with van der Waals surface area (Å²) in [4.78, 5) is 4.75. The Hall–Kier alpha value is -7.74. The molecule has 0 unspecified atom stereocenters. The van der Waals surface area contributed by atoms with Crippen LogP contribution in [0, 0.1) is 19.3 Å². The van der Waals surface area contributed by atoms with E-state index in [0.29, 0.717) is 0 Å². The van der Waals surface area contributed by atoms with Crippen molar-refractivity contribution in [1.29, 1.82) is 0 Å². The second-order valence-electron chi connectivity index (χ2n) is 17.2. The normalized spacial score (nSPS) is 12.5. The summed E-state index contributed by atoms with van der Waals surface area (Å²) in [5.74, 6) is 3.92. The predicted molar refractivity (Wildman–Crippen MR) is 274 cm³/mol. The van der Waals surface area contributed by atoms with Crippen molar-refractivity contribution in [2.45, 2.75) is 53.4 Å². The lowest BCUT2D eigenvalue weighted by molar-refractivity contribution is 0.578. The summed E-state index contributed by atoms with van der Waals surface area (Å²) < 4.78 is 13.5. The van der Waals surface area contributed by atoms with Gasteiger partial charge in [0.1, 0.15) is 11.3 Å². The molecule has 2 aromatic heterocycles. The molecule has 0 amide bonds. The van der Waals surface area contributed by atoms with E-state index in [1.165, 1.54) is 32.7 Å². The molecule has 8 aromatic carbocycles. The van der Waals surface area contributed by atoms with Crippen molar-refractivity contribution >= 4 is 99.7 Å². The first-order chi connectivity index (χ1) is 31.2. The molecule has 4 heteroatoms. The van der Waals surface area contributed by atoms with Crippen LogP contribution in [0.25, 0.3) is 71.3 Å². The summed E-state index contributed by atoms with van der Waals surface area (Å²) in [5, 5.41) is 10.5. The van der Waals surface area contributed by atoms with Crippen LogP contribution >= 0.6 is 0 Å². The van der Waals surface area contributed by atoms with Crippen LogP contribution in [0.5, 0.6) is 0 Å². The van der Waals surface area contributed by atoms with E-state index in [0.717, 1.165) is 89.1 Å². The highest BCUT2D eigenvalue weighted by molar-refractivity contribution is 6.30. The summed E-state index contributed by atoms with van der Waals surface area (Å²) in [5.41, 5.74) is 12.1. The summed E-state index contributed by atoms with van der Waals surface area (Å²) in [6.45, 7) is 17.4. The highest BCUT2D eigenvalue weighted by Crippen LogP contribution is 2.52. The predicted octanol–water partition coefficient (Wildman–Crippen LogP) is 17.7. The maximum absolute atomic E-state index is 6.77. The Bertz CT molecular complexity index is 3570. The average Bonchev–Trinajstić information content (AvgIpc) is 3.85. The van der Waals surface area contributed by atoms with Gasteiger partial charge in [-0.3, -0.25) is 0 Å². The van der Waals surface area contributed by atoms with Crippen molar-refractivity contribution in [3.63, 3.8) is 0 Å². The van der Waals surface area contributed by atoms with Crippen molar-refractivity contribution < 1.29 is 8.83 Å². The van der Waals surface area contributed by atoms with E-state index < -0.39 is 0 Å². The second kappa shape index (κ2) is 16.2. The smallest absolute Gasteiger partial charge is 0.159 e. The molecule has 312 valence electrons. The molecule has 2 heterocycles. The first kappa shape index (κ1) is 40.3. The number of allylic oxidation sites excluding steroid dienone is 5. The second-order valence-corrected chi connectivity index (χ2v) is 17.2. The third kappa shape index (κ3) is 6.39. The van der Waals surface area contributed by atoms with E-state index in [9.17, 15) is 0 Å². The number of terminal acetylenes is 1. The van der Waals surface area contributed by atoms with E-state index in [2.05, 4.69) is 196 Å². The van der Waals surface area contributed by atoms with Crippen molar-refractivity contribution in [2.75, 3.05) is 9.80 Å². The standard InChI is InChI=1S/C60H50N2O2/c1-9-12-24-42-39(8)63-59-46(42)26-18-28-52(59)61(40(20-10-2)21-11-3)54-35-50(37(4)5)44-32-34-49-55(36-51(38(6)7)45-31-33-48(54)57(44)58(45)49)62(41-22-14-13-15-23-41)53-29-19-27-47-43-25-16-17-30-56(43)64-60(47)53/h1,10-38H,2H2,3-8H3/b21-11-,24-12-,40-20+. The molecule has 0 N–H and O–H groups in total. The van der Waals surface area contributed by atoms with Gasteiger partial charge in [-0.2, -0.15) is 0 Å². The number of rotatable bonds is 11. The minimum absolute atomic E-state index is 0.219. The van der Waals surface area contributed by atoms with E-state index >= 15 is 0 Å². The van der Waals surface area contributed by atoms with Crippen molar-refractivity contribution in [2.24, 2.45) is 0 Å². The van der Waals surface area contributed by atoms with Crippen LogP contribution in [0.4, 0.5) is 28.4 Å². The molecule has 4 nitrogen and oxygen atoms in total. The molecule has 0 aliphatic heterocycles. The van der Waals surface area contributed by atoms with Gasteiger partial charge in [-0.15, -0.1) is 6.42 Å². The molecule has 0 spiro atoms. The number of anilines is 5. The summed E-state index contributed by atoms with van der Waals surface area (Å²) in [6.07, 6.45) is 17.6. The molecule has 0 saturated carbocycles. The maximum atomic E-state index is 6.77. The molecule has 10 aromatic rings. The fourth-order valence-electron chi connectivity index (χ4n) is 9.89. The molecule has 0 saturated heterocycles. The number of hydrogen-bond donors (Lipinski definition) is 0. The quantitative estimate of drug-likeness (QED) is 0.0738. The zero-order chi connectivity index (χ0) is 44.2. The van der Waals surface area contributed by atoms with Gasteiger partial charge in [-0.1, -0.05) is 137 Å². The Morgan fingerprint density at radius 2 is 1.22 bits per heavy atom. The molecule has 0 bridgehead atoms. The van der Waals surface area contributed by atoms with Crippen LogP contribution in [0.2, 0.25) is 0 Å². The van der Waals surface area contributed by atoms with E-state index in [-0.39, 0.29) is 11.8 Å². The monoisotopic (exact) mass is 830 g/mol. The van der Waals surface area contributed by atoms with Crippen LogP contribution in [-0.2, 0) is 0 Å². The molecule has 10 rings (SSSR count). The summed E-state index contributed by atoms with van der Waals surface area (Å²) in [7, 11) is 0. The van der Waals surface area contributed by atoms with Gasteiger partial charge in [-0.25, -0.2) is 0 Å². The number of nitrogens with zero attached hydrogens (tertiary/aromatic N) is 2. The largest absolute Gasteiger partial charge is 0.459 e. The SMILES string of the molecule is C#C/C=C\c1c(C)oc2c(N(C(/C=C\C)=C/C=C)c3cc(C(C)C)c4ccc5c(N(c6ccccc6)c6cccc7c6oc6ccccc67)cc(C(C)C)c6ccc3c4c65)cccc12. The Kier molecular flexibility index (Phi) is 10.2. The van der Waals surface area contributed by atoms with Gasteiger partial charge < -0.3 is 18.6 Å². The van der Waals surface area contributed by atoms with Crippen molar-refractivity contribution in [3.8, 4) is 12.3 Å². The number of benzene rings is 8. The zero-order valence-electron chi connectivity index (χ0n) is 37.2. The highest BCUT2D eigenvalue weighted by Gasteiger charge is 2.28. The minimum Gasteiger partial charge on any atom is -0.459 e. The fraction of sp³-hybridized carbons (Fsp3) is 0.133. The van der Waals surface area contributed by atoms with Crippen molar-refractivity contribution in [3.05, 3.63) is 193 Å². The molecule has 0 fully saturated rings. The number of furan rings is 2. The van der Waals surface area contributed by atoms with Crippen LogP contribution in [0.1, 0.15) is 68.9 Å². The third-order valence-electron chi connectivity index (χ3n) is 12.7. The van der Waals surface area contributed by atoms with Gasteiger partial charge in [0, 0.05) is 43.9 Å². The number of para-hydroxylation sites is 4. The lowest BCUT2D eigenvalue weighted by Gasteiger charge is -2.31. The first-order valence-corrected chi connectivity index (χ1v) is 22.2. The summed E-state index contributed by atoms with van der Waals surface area (Å²) in [6, 6.07) is 46.1. The third-order valence-corrected chi connectivity index (χ3v) is 12.7. The number of hydrogen-bond acceptors (Lipinski definition) is 4. The molecular formula is C60H50N2O2. The maximum Gasteiger partial charge on any atom is 0.159 e. The Labute approximate surface area is 375 Å². The molecule has 0 aliphatic carbocycles. The van der Waals surface area contributed by atoms with Crippen LogP contribution in [0.15, 0.2) is 179 Å². The van der Waals surface area contributed by atoms with Gasteiger partial charge in [-0.05, 0) is 125 Å². The van der Waals surface area contributed by atoms with Crippen molar-refractivity contribution in [1.82, 2.24) is 0 Å². The average molecular weight is 831 g/mol. The van der Waals surface area contributed by atoms with Gasteiger partial charge >= 0.3 is 0 Å². The molecular weight excluding hydrogens is 781 g/mol. The Balaban J connectivity index is 1.34. The highest BCUT2D eigenvalue weighted by atomic mass is 16.3. The molecule has 0 radical (unpaired) electrons. The van der Waals surface area contributed by atoms with Crippen LogP contribution in [-0.4, -0.2) is 0 Å². The van der Waals surface area contributed by atoms with Gasteiger partial charge in [0.05, 0.1) is 22.7 Å². The summed E-state index contributed by atoms with van der Waals surface area (Å²) >= 11 is 0. The van der Waals surface area contributed by atoms with Gasteiger partial charge in [0.25, 0.3) is 0 Å². The van der Waals surface area contributed by atoms with E-state index in [4.69, 9.17) is 15.3 Å². The topological polar surface area (TPSA) is 32.8 Å². The van der Waals surface area contributed by atoms with Crippen LogP contribution < -0.4 is 9.80 Å².